The second kappa shape index (κ2) is 8.42. The van der Waals surface area contributed by atoms with E-state index in [-0.39, 0.29) is 5.69 Å². The molecule has 0 bridgehead atoms. The number of aryl methyl sites for hydroxylation is 1. The van der Waals surface area contributed by atoms with Crippen LogP contribution in [0.3, 0.4) is 0 Å². The van der Waals surface area contributed by atoms with Crippen molar-refractivity contribution in [2.24, 2.45) is 0 Å². The largest absolute Gasteiger partial charge is 0.492 e. The molecule has 0 atom stereocenters. The van der Waals surface area contributed by atoms with E-state index in [4.69, 9.17) is 16.3 Å². The molecule has 8 nitrogen and oxygen atoms in total. The first-order chi connectivity index (χ1) is 14.1. The molecule has 0 fully saturated rings. The summed E-state index contributed by atoms with van der Waals surface area (Å²) in [6.45, 7) is 8.00. The van der Waals surface area contributed by atoms with E-state index in [1.807, 2.05) is 38.2 Å². The number of hydrogen-bond donors (Lipinski definition) is 1. The summed E-state index contributed by atoms with van der Waals surface area (Å²) in [6.07, 6.45) is 2.74. The Morgan fingerprint density at radius 3 is 2.90 bits per heavy atom. The molecule has 1 N–H and O–H groups in total. The molecule has 29 heavy (non-hydrogen) atoms. The van der Waals surface area contributed by atoms with Crippen LogP contribution < -0.4 is 10.4 Å². The number of aromatic nitrogens is 5. The minimum atomic E-state index is -0.00506. The summed E-state index contributed by atoms with van der Waals surface area (Å²) in [4.78, 5) is 14.7. The monoisotopic (exact) mass is 416 g/mol. The SMILES string of the molecule is CCCn1nc2n(c1=O)CCN(Cc1cn[nH]c1-c1ccc(OCC)c(Cl)c1)C2. The van der Waals surface area contributed by atoms with Crippen molar-refractivity contribution in [1.29, 1.82) is 0 Å². The smallest absolute Gasteiger partial charge is 0.345 e. The molecular formula is C20H25ClN6O2. The molecule has 9 heteroatoms. The zero-order chi connectivity index (χ0) is 20.4. The van der Waals surface area contributed by atoms with E-state index in [1.165, 1.54) is 0 Å². The van der Waals surface area contributed by atoms with Crippen molar-refractivity contribution in [2.75, 3.05) is 13.2 Å². The Hall–Kier alpha value is -2.58. The Balaban J connectivity index is 1.52. The summed E-state index contributed by atoms with van der Waals surface area (Å²) in [5.74, 6) is 1.50. The Bertz CT molecular complexity index is 1050. The molecule has 3 heterocycles. The number of fused-ring (bicyclic) bond motifs is 1. The van der Waals surface area contributed by atoms with Crippen molar-refractivity contribution in [1.82, 2.24) is 29.4 Å². The van der Waals surface area contributed by atoms with Crippen molar-refractivity contribution in [3.8, 4) is 17.0 Å². The van der Waals surface area contributed by atoms with Crippen LogP contribution in [-0.4, -0.2) is 42.6 Å². The van der Waals surface area contributed by atoms with Gasteiger partial charge in [0.1, 0.15) is 11.6 Å². The molecular weight excluding hydrogens is 392 g/mol. The van der Waals surface area contributed by atoms with E-state index in [2.05, 4.69) is 20.2 Å². The van der Waals surface area contributed by atoms with Crippen LogP contribution in [-0.2, 0) is 26.2 Å². The van der Waals surface area contributed by atoms with Crippen LogP contribution in [0.25, 0.3) is 11.3 Å². The molecule has 0 unspecified atom stereocenters. The Morgan fingerprint density at radius 2 is 2.14 bits per heavy atom. The van der Waals surface area contributed by atoms with E-state index < -0.39 is 0 Å². The number of H-pyrrole nitrogens is 1. The van der Waals surface area contributed by atoms with Crippen LogP contribution in [0.1, 0.15) is 31.7 Å². The average Bonchev–Trinajstić information content (AvgIpc) is 3.29. The fraction of sp³-hybridized carbons (Fsp3) is 0.450. The maximum absolute atomic E-state index is 12.4. The minimum Gasteiger partial charge on any atom is -0.492 e. The summed E-state index contributed by atoms with van der Waals surface area (Å²) < 4.78 is 8.88. The van der Waals surface area contributed by atoms with Gasteiger partial charge in [0.2, 0.25) is 0 Å². The lowest BCUT2D eigenvalue weighted by Crippen LogP contribution is -2.37. The number of aromatic amines is 1. The normalized spacial score (nSPS) is 14.2. The van der Waals surface area contributed by atoms with E-state index in [9.17, 15) is 4.79 Å². The van der Waals surface area contributed by atoms with Crippen LogP contribution in [0.5, 0.6) is 5.75 Å². The first-order valence-electron chi connectivity index (χ1n) is 9.94. The third-order valence-electron chi connectivity index (χ3n) is 5.07. The summed E-state index contributed by atoms with van der Waals surface area (Å²) in [5.41, 5.74) is 2.98. The van der Waals surface area contributed by atoms with Crippen molar-refractivity contribution >= 4 is 11.6 Å². The summed E-state index contributed by atoms with van der Waals surface area (Å²) in [7, 11) is 0. The van der Waals surface area contributed by atoms with Crippen LogP contribution in [0.4, 0.5) is 0 Å². The van der Waals surface area contributed by atoms with Crippen molar-refractivity contribution in [3.05, 3.63) is 51.3 Å². The maximum atomic E-state index is 12.4. The molecule has 0 saturated carbocycles. The zero-order valence-electron chi connectivity index (χ0n) is 16.7. The number of halogens is 1. The van der Waals surface area contributed by atoms with Gasteiger partial charge in [-0.3, -0.25) is 14.6 Å². The van der Waals surface area contributed by atoms with Crippen LogP contribution in [0.2, 0.25) is 5.02 Å². The van der Waals surface area contributed by atoms with Gasteiger partial charge in [0, 0.05) is 37.3 Å². The summed E-state index contributed by atoms with van der Waals surface area (Å²) in [5, 5.41) is 12.4. The van der Waals surface area contributed by atoms with Gasteiger partial charge in [0.15, 0.2) is 0 Å². The van der Waals surface area contributed by atoms with E-state index >= 15 is 0 Å². The van der Waals surface area contributed by atoms with Crippen molar-refractivity contribution in [2.45, 2.75) is 46.4 Å². The Kier molecular flexibility index (Phi) is 5.73. The second-order valence-corrected chi connectivity index (χ2v) is 7.54. The van der Waals surface area contributed by atoms with Gasteiger partial charge in [-0.05, 0) is 31.5 Å². The molecule has 0 radical (unpaired) electrons. The van der Waals surface area contributed by atoms with Gasteiger partial charge in [-0.2, -0.15) is 10.2 Å². The second-order valence-electron chi connectivity index (χ2n) is 7.13. The fourth-order valence-corrected chi connectivity index (χ4v) is 3.93. The molecule has 3 aromatic rings. The van der Waals surface area contributed by atoms with Crippen molar-refractivity contribution < 1.29 is 4.74 Å². The molecule has 154 valence electrons. The lowest BCUT2D eigenvalue weighted by atomic mass is 10.1. The first kappa shape index (κ1) is 19.7. The maximum Gasteiger partial charge on any atom is 0.345 e. The Labute approximate surface area is 174 Å². The van der Waals surface area contributed by atoms with Crippen LogP contribution in [0.15, 0.2) is 29.2 Å². The first-order valence-corrected chi connectivity index (χ1v) is 10.3. The molecule has 4 rings (SSSR count). The third-order valence-corrected chi connectivity index (χ3v) is 5.37. The number of nitrogens with zero attached hydrogens (tertiary/aromatic N) is 5. The van der Waals surface area contributed by atoms with Gasteiger partial charge in [0.25, 0.3) is 0 Å². The predicted molar refractivity (Wildman–Crippen MR) is 111 cm³/mol. The standard InChI is InChI=1S/C20H25ClN6O2/c1-3-7-27-20(28)26-9-8-25(13-18(26)24-27)12-15-11-22-23-19(15)14-5-6-17(29-4-2)16(21)10-14/h5-6,10-11H,3-4,7-9,12-13H2,1-2H3,(H,22,23). The van der Waals surface area contributed by atoms with Gasteiger partial charge in [-0.1, -0.05) is 18.5 Å². The van der Waals surface area contributed by atoms with E-state index in [0.29, 0.717) is 43.6 Å². The predicted octanol–water partition coefficient (Wildman–Crippen LogP) is 2.91. The molecule has 0 aliphatic carbocycles. The number of benzene rings is 1. The van der Waals surface area contributed by atoms with E-state index in [0.717, 1.165) is 35.6 Å². The highest BCUT2D eigenvalue weighted by Crippen LogP contribution is 2.31. The van der Waals surface area contributed by atoms with Gasteiger partial charge in [-0.25, -0.2) is 9.48 Å². The highest BCUT2D eigenvalue weighted by atomic mass is 35.5. The van der Waals surface area contributed by atoms with Gasteiger partial charge < -0.3 is 4.74 Å². The summed E-state index contributed by atoms with van der Waals surface area (Å²) in [6, 6.07) is 5.75. The third kappa shape index (κ3) is 3.95. The highest BCUT2D eigenvalue weighted by Gasteiger charge is 2.23. The van der Waals surface area contributed by atoms with Gasteiger partial charge in [-0.15, -0.1) is 0 Å². The zero-order valence-corrected chi connectivity index (χ0v) is 17.4. The number of nitrogens with one attached hydrogen (secondary N) is 1. The molecule has 0 amide bonds. The van der Waals surface area contributed by atoms with Crippen LogP contribution >= 0.6 is 11.6 Å². The van der Waals surface area contributed by atoms with Crippen LogP contribution in [0, 0.1) is 0 Å². The summed E-state index contributed by atoms with van der Waals surface area (Å²) >= 11 is 6.36. The highest BCUT2D eigenvalue weighted by molar-refractivity contribution is 6.32. The number of hydrogen-bond acceptors (Lipinski definition) is 5. The van der Waals surface area contributed by atoms with E-state index in [1.54, 1.807) is 9.25 Å². The molecule has 1 aromatic carbocycles. The topological polar surface area (TPSA) is 81.0 Å². The minimum absolute atomic E-state index is 0.00506. The lowest BCUT2D eigenvalue weighted by molar-refractivity contribution is 0.207. The molecule has 0 saturated heterocycles. The lowest BCUT2D eigenvalue weighted by Gasteiger charge is -2.26. The molecule has 1 aliphatic rings. The average molecular weight is 417 g/mol. The fourth-order valence-electron chi connectivity index (χ4n) is 3.69. The number of rotatable bonds is 7. The molecule has 1 aliphatic heterocycles. The Morgan fingerprint density at radius 1 is 1.28 bits per heavy atom. The van der Waals surface area contributed by atoms with Crippen molar-refractivity contribution in [3.63, 3.8) is 0 Å². The van der Waals surface area contributed by atoms with Gasteiger partial charge >= 0.3 is 5.69 Å². The molecule has 0 spiro atoms. The quantitative estimate of drug-likeness (QED) is 0.640. The molecule has 2 aromatic heterocycles. The van der Waals surface area contributed by atoms with Gasteiger partial charge in [0.05, 0.1) is 30.1 Å². The number of ether oxygens (including phenoxy) is 1.